The summed E-state index contributed by atoms with van der Waals surface area (Å²) in [5.74, 6) is 0.194. The van der Waals surface area contributed by atoms with Crippen molar-refractivity contribution < 1.29 is 4.79 Å². The van der Waals surface area contributed by atoms with Crippen LogP contribution in [0, 0.1) is 10.8 Å². The van der Waals surface area contributed by atoms with Crippen molar-refractivity contribution in [1.82, 2.24) is 4.90 Å². The standard InChI is InChI=1S/C16H30N2O/c1-5-6-7-13(17)14(19)18-11-16(4)9-12(18)8-15(2,3)10-16/h12-13H,5-11,17H2,1-4H3/t12?,13-,16?/m0/s1. The van der Waals surface area contributed by atoms with Gasteiger partial charge in [0.25, 0.3) is 0 Å². The predicted octanol–water partition coefficient (Wildman–Crippen LogP) is 2.93. The molecule has 2 aliphatic rings. The van der Waals surface area contributed by atoms with Gasteiger partial charge < -0.3 is 10.6 Å². The van der Waals surface area contributed by atoms with Crippen molar-refractivity contribution in [3.05, 3.63) is 0 Å². The first-order chi connectivity index (χ1) is 8.76. The van der Waals surface area contributed by atoms with Gasteiger partial charge in [-0.15, -0.1) is 0 Å². The van der Waals surface area contributed by atoms with E-state index < -0.39 is 0 Å². The van der Waals surface area contributed by atoms with Gasteiger partial charge in [0.15, 0.2) is 0 Å². The Hall–Kier alpha value is -0.570. The molecule has 110 valence electrons. The third-order valence-corrected chi connectivity index (χ3v) is 4.88. The summed E-state index contributed by atoms with van der Waals surface area (Å²) < 4.78 is 0. The third-order valence-electron chi connectivity index (χ3n) is 4.88. The van der Waals surface area contributed by atoms with Crippen LogP contribution in [0.25, 0.3) is 0 Å². The minimum Gasteiger partial charge on any atom is -0.338 e. The molecule has 0 aromatic rings. The lowest BCUT2D eigenvalue weighted by molar-refractivity contribution is -0.133. The molecule has 1 aliphatic heterocycles. The van der Waals surface area contributed by atoms with Crippen LogP contribution < -0.4 is 5.73 Å². The van der Waals surface area contributed by atoms with Gasteiger partial charge in [0.05, 0.1) is 6.04 Å². The maximum Gasteiger partial charge on any atom is 0.239 e. The van der Waals surface area contributed by atoms with Crippen LogP contribution in [0.2, 0.25) is 0 Å². The molecular formula is C16H30N2O. The summed E-state index contributed by atoms with van der Waals surface area (Å²) in [6.45, 7) is 10.1. The highest BCUT2D eigenvalue weighted by atomic mass is 16.2. The van der Waals surface area contributed by atoms with Gasteiger partial charge in [0, 0.05) is 12.6 Å². The quantitative estimate of drug-likeness (QED) is 0.850. The van der Waals surface area contributed by atoms with Gasteiger partial charge in [0.1, 0.15) is 0 Å². The summed E-state index contributed by atoms with van der Waals surface area (Å²) in [6.07, 6.45) is 6.52. The van der Waals surface area contributed by atoms with Crippen molar-refractivity contribution in [2.24, 2.45) is 16.6 Å². The molecule has 0 aromatic heterocycles. The highest BCUT2D eigenvalue weighted by Crippen LogP contribution is 2.52. The van der Waals surface area contributed by atoms with E-state index >= 15 is 0 Å². The Bertz CT molecular complexity index is 353. The summed E-state index contributed by atoms with van der Waals surface area (Å²) in [7, 11) is 0. The molecule has 0 aromatic carbocycles. The molecule has 2 unspecified atom stereocenters. The topological polar surface area (TPSA) is 46.3 Å². The van der Waals surface area contributed by atoms with E-state index in [1.54, 1.807) is 0 Å². The zero-order valence-electron chi connectivity index (χ0n) is 13.0. The van der Waals surface area contributed by atoms with Gasteiger partial charge in [-0.25, -0.2) is 0 Å². The molecule has 1 amide bonds. The van der Waals surface area contributed by atoms with Crippen LogP contribution >= 0.6 is 0 Å². The average molecular weight is 266 g/mol. The summed E-state index contributed by atoms with van der Waals surface area (Å²) in [4.78, 5) is 14.7. The largest absolute Gasteiger partial charge is 0.338 e. The van der Waals surface area contributed by atoms with Gasteiger partial charge in [-0.2, -0.15) is 0 Å². The second-order valence-electron chi connectivity index (χ2n) is 7.93. The first-order valence-electron chi connectivity index (χ1n) is 7.82. The molecule has 19 heavy (non-hydrogen) atoms. The van der Waals surface area contributed by atoms with Crippen molar-refractivity contribution >= 4 is 5.91 Å². The van der Waals surface area contributed by atoms with Crippen LogP contribution in [-0.4, -0.2) is 29.4 Å². The van der Waals surface area contributed by atoms with E-state index in [1.165, 1.54) is 12.8 Å². The fraction of sp³-hybridized carbons (Fsp3) is 0.938. The number of nitrogens with two attached hydrogens (primary N) is 1. The summed E-state index contributed by atoms with van der Waals surface area (Å²) >= 11 is 0. The van der Waals surface area contributed by atoms with Gasteiger partial charge in [-0.05, 0) is 36.5 Å². The first kappa shape index (κ1) is 14.8. The van der Waals surface area contributed by atoms with Gasteiger partial charge in [-0.1, -0.05) is 40.5 Å². The van der Waals surface area contributed by atoms with E-state index in [2.05, 4.69) is 32.6 Å². The highest BCUT2D eigenvalue weighted by Gasteiger charge is 2.51. The number of hydrogen-bond donors (Lipinski definition) is 1. The zero-order valence-corrected chi connectivity index (χ0v) is 13.0. The third kappa shape index (κ3) is 3.13. The van der Waals surface area contributed by atoms with Crippen LogP contribution in [0.1, 0.15) is 66.2 Å². The lowest BCUT2D eigenvalue weighted by Gasteiger charge is -2.39. The molecule has 3 nitrogen and oxygen atoms in total. The van der Waals surface area contributed by atoms with E-state index in [0.29, 0.717) is 16.9 Å². The molecule has 2 bridgehead atoms. The Balaban J connectivity index is 2.05. The number of fused-ring (bicyclic) bond motifs is 2. The van der Waals surface area contributed by atoms with E-state index in [4.69, 9.17) is 5.73 Å². The normalized spacial score (nSPS) is 34.4. The molecule has 1 heterocycles. The monoisotopic (exact) mass is 266 g/mol. The number of hydrogen-bond acceptors (Lipinski definition) is 2. The molecule has 2 rings (SSSR count). The fourth-order valence-corrected chi connectivity index (χ4v) is 4.48. The SMILES string of the molecule is CCCC[C@H](N)C(=O)N1CC2(C)CC1CC(C)(C)C2. The van der Waals surface area contributed by atoms with Crippen molar-refractivity contribution in [2.45, 2.75) is 78.3 Å². The van der Waals surface area contributed by atoms with E-state index in [0.717, 1.165) is 32.2 Å². The number of nitrogens with zero attached hydrogens (tertiary/aromatic N) is 1. The van der Waals surface area contributed by atoms with Crippen LogP contribution in [0.15, 0.2) is 0 Å². The van der Waals surface area contributed by atoms with Gasteiger partial charge >= 0.3 is 0 Å². The molecular weight excluding hydrogens is 236 g/mol. The Morgan fingerprint density at radius 3 is 2.68 bits per heavy atom. The summed E-state index contributed by atoms with van der Waals surface area (Å²) in [6, 6.07) is 0.139. The summed E-state index contributed by atoms with van der Waals surface area (Å²) in [5, 5.41) is 0. The molecule has 0 spiro atoms. The smallest absolute Gasteiger partial charge is 0.239 e. The van der Waals surface area contributed by atoms with Crippen LogP contribution in [0.4, 0.5) is 0 Å². The lowest BCUT2D eigenvalue weighted by Crippen LogP contribution is -2.46. The predicted molar refractivity (Wildman–Crippen MR) is 78.7 cm³/mol. The van der Waals surface area contributed by atoms with Crippen LogP contribution in [0.5, 0.6) is 0 Å². The molecule has 1 saturated heterocycles. The Morgan fingerprint density at radius 2 is 2.05 bits per heavy atom. The highest BCUT2D eigenvalue weighted by molar-refractivity contribution is 5.82. The molecule has 2 N–H and O–H groups in total. The van der Waals surface area contributed by atoms with Gasteiger partial charge in [-0.3, -0.25) is 4.79 Å². The molecule has 3 heteroatoms. The second-order valence-corrected chi connectivity index (χ2v) is 7.93. The van der Waals surface area contributed by atoms with Gasteiger partial charge in [0.2, 0.25) is 5.91 Å². The molecule has 1 aliphatic carbocycles. The Kier molecular flexibility index (Phi) is 3.97. The van der Waals surface area contributed by atoms with Crippen LogP contribution in [0.3, 0.4) is 0 Å². The molecule has 3 atom stereocenters. The van der Waals surface area contributed by atoms with E-state index in [9.17, 15) is 4.79 Å². The van der Waals surface area contributed by atoms with E-state index in [-0.39, 0.29) is 11.9 Å². The number of carbonyl (C=O) groups is 1. The molecule has 0 radical (unpaired) electrons. The Labute approximate surface area is 117 Å². The van der Waals surface area contributed by atoms with Crippen molar-refractivity contribution in [2.75, 3.05) is 6.54 Å². The number of rotatable bonds is 4. The fourth-order valence-electron chi connectivity index (χ4n) is 4.48. The molecule has 1 saturated carbocycles. The lowest BCUT2D eigenvalue weighted by atomic mass is 9.65. The van der Waals surface area contributed by atoms with Crippen LogP contribution in [-0.2, 0) is 4.79 Å². The number of likely N-dealkylation sites (tertiary alicyclic amines) is 1. The summed E-state index contributed by atoms with van der Waals surface area (Å²) in [5.41, 5.74) is 6.76. The first-order valence-corrected chi connectivity index (χ1v) is 7.82. The minimum atomic E-state index is -0.286. The molecule has 2 fully saturated rings. The maximum atomic E-state index is 12.5. The number of unbranched alkanes of at least 4 members (excludes halogenated alkanes) is 1. The number of carbonyl (C=O) groups excluding carboxylic acids is 1. The van der Waals surface area contributed by atoms with Crippen molar-refractivity contribution in [1.29, 1.82) is 0 Å². The number of amides is 1. The Morgan fingerprint density at radius 1 is 1.37 bits per heavy atom. The van der Waals surface area contributed by atoms with E-state index in [1.807, 2.05) is 0 Å². The zero-order chi connectivity index (χ0) is 14.3. The van der Waals surface area contributed by atoms with Crippen molar-refractivity contribution in [3.8, 4) is 0 Å². The average Bonchev–Trinajstić information content (AvgIpc) is 2.54. The maximum absolute atomic E-state index is 12.5. The minimum absolute atomic E-state index is 0.194. The van der Waals surface area contributed by atoms with Crippen molar-refractivity contribution in [3.63, 3.8) is 0 Å². The second kappa shape index (κ2) is 5.08.